The molecule has 1 saturated heterocycles. The molecule has 1 amide bonds. The molecule has 28 heavy (non-hydrogen) atoms. The number of carbonyl (C=O) groups is 1. The fourth-order valence-corrected chi connectivity index (χ4v) is 3.49. The van der Waals surface area contributed by atoms with Gasteiger partial charge >= 0.3 is 0 Å². The molecule has 0 aliphatic carbocycles. The minimum atomic E-state index is -0.490. The van der Waals surface area contributed by atoms with Crippen LogP contribution in [0.5, 0.6) is 5.75 Å². The first-order valence-corrected chi connectivity index (χ1v) is 10.2. The van der Waals surface area contributed by atoms with Crippen LogP contribution in [0.2, 0.25) is 0 Å². The highest BCUT2D eigenvalue weighted by Crippen LogP contribution is 2.21. The van der Waals surface area contributed by atoms with E-state index in [2.05, 4.69) is 55.3 Å². The van der Waals surface area contributed by atoms with Crippen molar-refractivity contribution < 1.29 is 13.9 Å². The van der Waals surface area contributed by atoms with Crippen LogP contribution in [0.3, 0.4) is 0 Å². The number of carbonyl (C=O) groups excluding carboxylic acids is 1. The van der Waals surface area contributed by atoms with Gasteiger partial charge < -0.3 is 10.1 Å². The fourth-order valence-electron chi connectivity index (χ4n) is 3.15. The van der Waals surface area contributed by atoms with Gasteiger partial charge in [0.1, 0.15) is 0 Å². The zero-order valence-electron chi connectivity index (χ0n) is 15.7. The van der Waals surface area contributed by atoms with Gasteiger partial charge in [-0.25, -0.2) is 4.39 Å². The lowest BCUT2D eigenvalue weighted by Gasteiger charge is -2.34. The first-order valence-electron chi connectivity index (χ1n) is 9.43. The summed E-state index contributed by atoms with van der Waals surface area (Å²) in [7, 11) is 0. The van der Waals surface area contributed by atoms with Gasteiger partial charge in [0.25, 0.3) is 5.91 Å². The van der Waals surface area contributed by atoms with Gasteiger partial charge in [0.05, 0.1) is 0 Å². The van der Waals surface area contributed by atoms with Crippen molar-refractivity contribution in [2.75, 3.05) is 45.9 Å². The summed E-state index contributed by atoms with van der Waals surface area (Å²) < 4.78 is 19.5. The smallest absolute Gasteiger partial charge is 0.257 e. The molecule has 150 valence electrons. The van der Waals surface area contributed by atoms with Crippen LogP contribution in [-0.2, 0) is 11.3 Å². The van der Waals surface area contributed by atoms with Gasteiger partial charge in [-0.15, -0.1) is 0 Å². The number of benzene rings is 2. The lowest BCUT2D eigenvalue weighted by atomic mass is 10.2. The monoisotopic (exact) mass is 449 g/mol. The Labute approximate surface area is 173 Å². The summed E-state index contributed by atoms with van der Waals surface area (Å²) in [5, 5.41) is 2.83. The SMILES string of the molecule is O=C(COc1ccc(Br)cc1F)NCCN1CCN(Cc2ccccc2)CC1. The molecule has 1 fully saturated rings. The van der Waals surface area contributed by atoms with Crippen molar-refractivity contribution in [3.8, 4) is 5.75 Å². The molecule has 3 rings (SSSR count). The first-order chi connectivity index (χ1) is 13.6. The maximum Gasteiger partial charge on any atom is 0.257 e. The highest BCUT2D eigenvalue weighted by molar-refractivity contribution is 9.10. The Morgan fingerprint density at radius 2 is 1.79 bits per heavy atom. The van der Waals surface area contributed by atoms with Gasteiger partial charge in [-0.3, -0.25) is 14.6 Å². The van der Waals surface area contributed by atoms with E-state index in [0.717, 1.165) is 39.3 Å². The molecule has 1 N–H and O–H groups in total. The Hall–Kier alpha value is -1.96. The number of amides is 1. The normalized spacial score (nSPS) is 15.4. The standard InChI is InChI=1S/C21H25BrFN3O2/c22-18-6-7-20(19(23)14-18)28-16-21(27)24-8-9-25-10-12-26(13-11-25)15-17-4-2-1-3-5-17/h1-7,14H,8-13,15-16H2,(H,24,27). The van der Waals surface area contributed by atoms with Gasteiger partial charge in [0.15, 0.2) is 18.2 Å². The Bertz CT molecular complexity index is 768. The molecule has 5 nitrogen and oxygen atoms in total. The molecule has 0 bridgehead atoms. The molecule has 0 aromatic heterocycles. The van der Waals surface area contributed by atoms with Crippen LogP contribution in [0.1, 0.15) is 5.56 Å². The maximum absolute atomic E-state index is 13.7. The summed E-state index contributed by atoms with van der Waals surface area (Å²) in [4.78, 5) is 16.7. The van der Waals surface area contributed by atoms with E-state index >= 15 is 0 Å². The molecule has 1 heterocycles. The summed E-state index contributed by atoms with van der Waals surface area (Å²) >= 11 is 3.19. The second-order valence-corrected chi connectivity index (χ2v) is 7.73. The van der Waals surface area contributed by atoms with E-state index in [1.54, 1.807) is 6.07 Å². The molecule has 2 aromatic carbocycles. The van der Waals surface area contributed by atoms with Crippen molar-refractivity contribution in [3.05, 3.63) is 64.4 Å². The predicted molar refractivity (Wildman–Crippen MR) is 111 cm³/mol. The summed E-state index contributed by atoms with van der Waals surface area (Å²) in [6.07, 6.45) is 0. The number of ether oxygens (including phenoxy) is 1. The summed E-state index contributed by atoms with van der Waals surface area (Å²) in [6.45, 7) is 6.18. The van der Waals surface area contributed by atoms with Crippen LogP contribution in [0, 0.1) is 5.82 Å². The van der Waals surface area contributed by atoms with Crippen molar-refractivity contribution >= 4 is 21.8 Å². The lowest BCUT2D eigenvalue weighted by Crippen LogP contribution is -2.48. The molecule has 0 spiro atoms. The fraction of sp³-hybridized carbons (Fsp3) is 0.381. The van der Waals surface area contributed by atoms with Crippen LogP contribution in [-0.4, -0.2) is 61.6 Å². The zero-order valence-corrected chi connectivity index (χ0v) is 17.3. The van der Waals surface area contributed by atoms with Crippen molar-refractivity contribution in [1.82, 2.24) is 15.1 Å². The Balaban J connectivity index is 1.29. The summed E-state index contributed by atoms with van der Waals surface area (Å²) in [5.41, 5.74) is 1.34. The minimum absolute atomic E-state index is 0.0767. The van der Waals surface area contributed by atoms with E-state index in [1.807, 2.05) is 6.07 Å². The van der Waals surface area contributed by atoms with Crippen molar-refractivity contribution in [3.63, 3.8) is 0 Å². The number of rotatable bonds is 8. The molecular formula is C21H25BrFN3O2. The molecule has 0 saturated carbocycles. The number of hydrogen-bond acceptors (Lipinski definition) is 4. The number of nitrogens with zero attached hydrogens (tertiary/aromatic N) is 2. The molecule has 0 radical (unpaired) electrons. The van der Waals surface area contributed by atoms with E-state index in [1.165, 1.54) is 17.7 Å². The van der Waals surface area contributed by atoms with E-state index in [-0.39, 0.29) is 18.3 Å². The third kappa shape index (κ3) is 6.58. The second kappa shape index (κ2) is 10.5. The lowest BCUT2D eigenvalue weighted by molar-refractivity contribution is -0.123. The Kier molecular flexibility index (Phi) is 7.82. The van der Waals surface area contributed by atoms with Crippen molar-refractivity contribution in [2.24, 2.45) is 0 Å². The third-order valence-corrected chi connectivity index (χ3v) is 5.21. The number of hydrogen-bond donors (Lipinski definition) is 1. The average Bonchev–Trinajstić information content (AvgIpc) is 2.69. The molecule has 2 aromatic rings. The van der Waals surface area contributed by atoms with Crippen LogP contribution >= 0.6 is 15.9 Å². The average molecular weight is 450 g/mol. The summed E-state index contributed by atoms with van der Waals surface area (Å²) in [6, 6.07) is 15.0. The van der Waals surface area contributed by atoms with E-state index in [0.29, 0.717) is 11.0 Å². The largest absolute Gasteiger partial charge is 0.481 e. The summed E-state index contributed by atoms with van der Waals surface area (Å²) in [5.74, 6) is -0.659. The van der Waals surface area contributed by atoms with Crippen LogP contribution in [0.25, 0.3) is 0 Å². The number of piperazine rings is 1. The molecule has 1 aliphatic rings. The van der Waals surface area contributed by atoms with E-state index in [9.17, 15) is 9.18 Å². The number of nitrogens with one attached hydrogen (secondary N) is 1. The highest BCUT2D eigenvalue weighted by atomic mass is 79.9. The zero-order chi connectivity index (χ0) is 19.8. The highest BCUT2D eigenvalue weighted by Gasteiger charge is 2.16. The van der Waals surface area contributed by atoms with Crippen LogP contribution < -0.4 is 10.1 Å². The first kappa shape index (κ1) is 20.8. The molecule has 7 heteroatoms. The minimum Gasteiger partial charge on any atom is -0.481 e. The topological polar surface area (TPSA) is 44.8 Å². The third-order valence-electron chi connectivity index (χ3n) is 4.72. The Morgan fingerprint density at radius 3 is 2.50 bits per heavy atom. The van der Waals surface area contributed by atoms with Gasteiger partial charge in [-0.2, -0.15) is 0 Å². The second-order valence-electron chi connectivity index (χ2n) is 6.82. The molecule has 0 unspecified atom stereocenters. The maximum atomic E-state index is 13.7. The van der Waals surface area contributed by atoms with Crippen molar-refractivity contribution in [2.45, 2.75) is 6.54 Å². The van der Waals surface area contributed by atoms with Gasteiger partial charge in [0.2, 0.25) is 0 Å². The van der Waals surface area contributed by atoms with Gasteiger partial charge in [-0.05, 0) is 23.8 Å². The molecule has 1 aliphatic heterocycles. The van der Waals surface area contributed by atoms with Crippen LogP contribution in [0.15, 0.2) is 53.0 Å². The predicted octanol–water partition coefficient (Wildman–Crippen LogP) is 2.90. The van der Waals surface area contributed by atoms with Crippen molar-refractivity contribution in [1.29, 1.82) is 0 Å². The van der Waals surface area contributed by atoms with Gasteiger partial charge in [0, 0.05) is 50.3 Å². The number of halogens is 2. The quantitative estimate of drug-likeness (QED) is 0.672. The van der Waals surface area contributed by atoms with E-state index < -0.39 is 5.82 Å². The van der Waals surface area contributed by atoms with Crippen LogP contribution in [0.4, 0.5) is 4.39 Å². The molecule has 0 atom stereocenters. The Morgan fingerprint density at radius 1 is 1.07 bits per heavy atom. The van der Waals surface area contributed by atoms with Gasteiger partial charge in [-0.1, -0.05) is 46.3 Å². The molecular weight excluding hydrogens is 425 g/mol. The van der Waals surface area contributed by atoms with E-state index in [4.69, 9.17) is 4.74 Å².